The van der Waals surface area contributed by atoms with E-state index >= 15 is 0 Å². The molecule has 0 saturated carbocycles. The van der Waals surface area contributed by atoms with Gasteiger partial charge in [0.2, 0.25) is 0 Å². The summed E-state index contributed by atoms with van der Waals surface area (Å²) in [5.41, 5.74) is 4.77. The van der Waals surface area contributed by atoms with E-state index in [0.29, 0.717) is 5.01 Å². The number of nitrogens with zero attached hydrogens (tertiary/aromatic N) is 3. The number of hydrogen-bond donors (Lipinski definition) is 1. The van der Waals surface area contributed by atoms with Crippen molar-refractivity contribution in [3.8, 4) is 11.8 Å². The third-order valence-electron chi connectivity index (χ3n) is 2.99. The number of ether oxygens (including phenoxy) is 1. The van der Waals surface area contributed by atoms with E-state index in [1.807, 2.05) is 48.5 Å². The van der Waals surface area contributed by atoms with Crippen LogP contribution in [-0.4, -0.2) is 17.8 Å². The molecule has 0 radical (unpaired) electrons. The first-order valence-corrected chi connectivity index (χ1v) is 7.35. The fourth-order valence-electron chi connectivity index (χ4n) is 1.88. The van der Waals surface area contributed by atoms with Crippen LogP contribution in [0.1, 0.15) is 5.01 Å². The van der Waals surface area contributed by atoms with Crippen LogP contribution < -0.4 is 10.2 Å². The molecule has 0 amide bonds. The monoisotopic (exact) mass is 308 g/mol. The highest BCUT2D eigenvalue weighted by atomic mass is 32.1. The predicted octanol–water partition coefficient (Wildman–Crippen LogP) is 3.64. The second-order valence-corrected chi connectivity index (χ2v) is 5.43. The van der Waals surface area contributed by atoms with Crippen molar-refractivity contribution in [3.63, 3.8) is 0 Å². The number of nitriles is 1. The molecule has 0 aliphatic heterocycles. The number of methoxy groups -OCH3 is 1. The Hall–Kier alpha value is -2.91. The van der Waals surface area contributed by atoms with E-state index in [4.69, 9.17) is 4.74 Å². The average molecular weight is 308 g/mol. The lowest BCUT2D eigenvalue weighted by Gasteiger charge is -2.02. The topological polar surface area (TPSA) is 70.3 Å². The van der Waals surface area contributed by atoms with Crippen molar-refractivity contribution in [3.05, 3.63) is 53.5 Å². The van der Waals surface area contributed by atoms with Crippen LogP contribution in [0.3, 0.4) is 0 Å². The molecule has 0 spiro atoms. The van der Waals surface area contributed by atoms with Crippen LogP contribution in [0.5, 0.6) is 5.75 Å². The maximum Gasteiger partial charge on any atom is 0.196 e. The number of hydrogen-bond acceptors (Lipinski definition) is 6. The van der Waals surface area contributed by atoms with Crippen LogP contribution >= 0.6 is 11.3 Å². The van der Waals surface area contributed by atoms with E-state index in [1.54, 1.807) is 7.11 Å². The molecule has 0 aliphatic carbocycles. The van der Waals surface area contributed by atoms with Gasteiger partial charge in [-0.3, -0.25) is 5.43 Å². The summed E-state index contributed by atoms with van der Waals surface area (Å²) in [6.45, 7) is 0. The van der Waals surface area contributed by atoms with Crippen LogP contribution in [0.15, 0.2) is 53.6 Å². The van der Waals surface area contributed by atoms with Crippen molar-refractivity contribution < 1.29 is 4.74 Å². The molecule has 0 fully saturated rings. The number of rotatable bonds is 4. The number of hydrazone groups is 1. The summed E-state index contributed by atoms with van der Waals surface area (Å²) >= 11 is 1.45. The van der Waals surface area contributed by atoms with E-state index in [2.05, 4.69) is 21.6 Å². The zero-order chi connectivity index (χ0) is 15.4. The smallest absolute Gasteiger partial charge is 0.196 e. The van der Waals surface area contributed by atoms with Crippen LogP contribution in [0.4, 0.5) is 5.69 Å². The molecular weight excluding hydrogens is 296 g/mol. The number of benzene rings is 2. The van der Waals surface area contributed by atoms with E-state index in [-0.39, 0.29) is 5.71 Å². The first-order valence-electron chi connectivity index (χ1n) is 6.54. The quantitative estimate of drug-likeness (QED) is 0.590. The normalized spacial score (nSPS) is 11.2. The number of nitrogens with one attached hydrogen (secondary N) is 1. The van der Waals surface area contributed by atoms with Gasteiger partial charge in [0.1, 0.15) is 11.8 Å². The highest BCUT2D eigenvalue weighted by molar-refractivity contribution is 7.20. The predicted molar refractivity (Wildman–Crippen MR) is 88.4 cm³/mol. The Morgan fingerprint density at radius 2 is 2.00 bits per heavy atom. The summed E-state index contributed by atoms with van der Waals surface area (Å²) in [6, 6.07) is 17.1. The minimum atomic E-state index is 0.261. The second-order valence-electron chi connectivity index (χ2n) is 4.40. The second kappa shape index (κ2) is 6.24. The standard InChI is InChI=1S/C16H12N4OS/c1-21-12-8-6-11(7-9-12)19-20-14(10-17)16-18-13-4-2-3-5-15(13)22-16/h2-9,19H,1H3/b20-14-. The Balaban J connectivity index is 1.84. The Morgan fingerprint density at radius 1 is 1.23 bits per heavy atom. The molecule has 3 aromatic rings. The van der Waals surface area contributed by atoms with Gasteiger partial charge in [0.25, 0.3) is 0 Å². The Labute approximate surface area is 131 Å². The molecule has 0 unspecified atom stereocenters. The largest absolute Gasteiger partial charge is 0.497 e. The first kappa shape index (κ1) is 14.0. The zero-order valence-electron chi connectivity index (χ0n) is 11.8. The third-order valence-corrected chi connectivity index (χ3v) is 4.03. The minimum absolute atomic E-state index is 0.261. The number of aromatic nitrogens is 1. The van der Waals surface area contributed by atoms with Gasteiger partial charge in [-0.05, 0) is 36.4 Å². The van der Waals surface area contributed by atoms with Crippen molar-refractivity contribution in [2.75, 3.05) is 12.5 Å². The van der Waals surface area contributed by atoms with Crippen molar-refractivity contribution in [2.24, 2.45) is 5.10 Å². The van der Waals surface area contributed by atoms with Crippen molar-refractivity contribution >= 4 is 33.0 Å². The maximum absolute atomic E-state index is 9.29. The SMILES string of the molecule is COc1ccc(N/N=C(/C#N)c2nc3ccccc3s2)cc1. The molecule has 2 aromatic carbocycles. The van der Waals surface area contributed by atoms with Crippen LogP contribution in [-0.2, 0) is 0 Å². The van der Waals surface area contributed by atoms with Crippen molar-refractivity contribution in [1.29, 1.82) is 5.26 Å². The van der Waals surface area contributed by atoms with Gasteiger partial charge in [-0.2, -0.15) is 10.4 Å². The van der Waals surface area contributed by atoms with Gasteiger partial charge in [0.15, 0.2) is 10.7 Å². The molecule has 0 bridgehead atoms. The molecule has 3 rings (SSSR count). The molecule has 1 N–H and O–H groups in total. The summed E-state index contributed by atoms with van der Waals surface area (Å²) in [5, 5.41) is 14.0. The number of para-hydroxylation sites is 1. The van der Waals surface area contributed by atoms with E-state index in [1.165, 1.54) is 11.3 Å². The van der Waals surface area contributed by atoms with Gasteiger partial charge in [0.05, 0.1) is 23.0 Å². The molecule has 22 heavy (non-hydrogen) atoms. The van der Waals surface area contributed by atoms with Gasteiger partial charge >= 0.3 is 0 Å². The highest BCUT2D eigenvalue weighted by Crippen LogP contribution is 2.22. The van der Waals surface area contributed by atoms with Gasteiger partial charge in [-0.1, -0.05) is 12.1 Å². The molecule has 6 heteroatoms. The molecule has 1 aromatic heterocycles. The Bertz CT molecular complexity index is 829. The molecule has 5 nitrogen and oxygen atoms in total. The fourth-order valence-corrected chi connectivity index (χ4v) is 2.79. The fraction of sp³-hybridized carbons (Fsp3) is 0.0625. The molecule has 1 heterocycles. The van der Waals surface area contributed by atoms with Crippen LogP contribution in [0, 0.1) is 11.3 Å². The van der Waals surface area contributed by atoms with E-state index in [9.17, 15) is 5.26 Å². The van der Waals surface area contributed by atoms with Crippen molar-refractivity contribution in [2.45, 2.75) is 0 Å². The maximum atomic E-state index is 9.29. The summed E-state index contributed by atoms with van der Waals surface area (Å²) in [5.74, 6) is 0.765. The van der Waals surface area contributed by atoms with Crippen LogP contribution in [0.25, 0.3) is 10.2 Å². The van der Waals surface area contributed by atoms with E-state index in [0.717, 1.165) is 21.7 Å². The number of thiazole rings is 1. The summed E-state index contributed by atoms with van der Waals surface area (Å²) in [4.78, 5) is 4.43. The summed E-state index contributed by atoms with van der Waals surface area (Å²) < 4.78 is 6.13. The molecule has 108 valence electrons. The van der Waals surface area contributed by atoms with Crippen LogP contribution in [0.2, 0.25) is 0 Å². The van der Waals surface area contributed by atoms with E-state index < -0.39 is 0 Å². The minimum Gasteiger partial charge on any atom is -0.497 e. The Morgan fingerprint density at radius 3 is 2.68 bits per heavy atom. The molecule has 0 saturated heterocycles. The molecule has 0 aliphatic rings. The van der Waals surface area contributed by atoms with Gasteiger partial charge in [-0.15, -0.1) is 11.3 Å². The number of fused-ring (bicyclic) bond motifs is 1. The molecule has 0 atom stereocenters. The molecular formula is C16H12N4OS. The van der Waals surface area contributed by atoms with Gasteiger partial charge in [-0.25, -0.2) is 4.98 Å². The first-order chi connectivity index (χ1) is 10.8. The van der Waals surface area contributed by atoms with Crippen molar-refractivity contribution in [1.82, 2.24) is 4.98 Å². The highest BCUT2D eigenvalue weighted by Gasteiger charge is 2.09. The summed E-state index contributed by atoms with van der Waals surface area (Å²) in [7, 11) is 1.61. The van der Waals surface area contributed by atoms with Gasteiger partial charge < -0.3 is 4.74 Å². The lowest BCUT2D eigenvalue weighted by Crippen LogP contribution is -2.01. The lowest BCUT2D eigenvalue weighted by molar-refractivity contribution is 0.415. The third kappa shape index (κ3) is 2.90. The zero-order valence-corrected chi connectivity index (χ0v) is 12.6. The number of anilines is 1. The Kier molecular flexibility index (Phi) is 3.99. The summed E-state index contributed by atoms with van der Waals surface area (Å²) in [6.07, 6.45) is 0. The average Bonchev–Trinajstić information content (AvgIpc) is 3.00. The van der Waals surface area contributed by atoms with Gasteiger partial charge in [0, 0.05) is 0 Å². The lowest BCUT2D eigenvalue weighted by atomic mass is 10.3.